The van der Waals surface area contributed by atoms with Gasteiger partial charge in [0.25, 0.3) is 0 Å². The fraction of sp³-hybridized carbons (Fsp3) is 0.625. The zero-order valence-electron chi connectivity index (χ0n) is 11.9. The van der Waals surface area contributed by atoms with Gasteiger partial charge in [-0.15, -0.1) is 0 Å². The Labute approximate surface area is 122 Å². The van der Waals surface area contributed by atoms with E-state index in [1.807, 2.05) is 0 Å². The van der Waals surface area contributed by atoms with Crippen molar-refractivity contribution in [3.05, 3.63) is 35.1 Å². The molecule has 0 aliphatic heterocycles. The van der Waals surface area contributed by atoms with Crippen LogP contribution in [0.2, 0.25) is 0 Å². The third-order valence-corrected chi connectivity index (χ3v) is 4.34. The van der Waals surface area contributed by atoms with Crippen LogP contribution >= 0.6 is 0 Å². The molecule has 1 aliphatic rings. The molecule has 118 valence electrons. The van der Waals surface area contributed by atoms with E-state index in [4.69, 9.17) is 5.73 Å². The second kappa shape index (κ2) is 6.77. The lowest BCUT2D eigenvalue weighted by Gasteiger charge is -2.26. The Bertz CT molecular complexity index is 462. The summed E-state index contributed by atoms with van der Waals surface area (Å²) in [5.41, 5.74) is 5.41. The molecule has 1 nitrogen and oxygen atoms in total. The maximum atomic E-state index is 13.6. The predicted molar refractivity (Wildman–Crippen MR) is 74.1 cm³/mol. The zero-order valence-corrected chi connectivity index (χ0v) is 11.9. The predicted octanol–water partition coefficient (Wildman–Crippen LogP) is 5.20. The summed E-state index contributed by atoms with van der Waals surface area (Å²) in [5, 5.41) is 0. The summed E-state index contributed by atoms with van der Waals surface area (Å²) in [5.74, 6) is -1.01. The van der Waals surface area contributed by atoms with E-state index in [0.717, 1.165) is 37.8 Å². The minimum Gasteiger partial charge on any atom is -0.324 e. The molecule has 5 heteroatoms. The fourth-order valence-electron chi connectivity index (χ4n) is 3.09. The van der Waals surface area contributed by atoms with Gasteiger partial charge in [-0.05, 0) is 36.5 Å². The van der Waals surface area contributed by atoms with E-state index >= 15 is 0 Å². The average Bonchev–Trinajstić information content (AvgIpc) is 2.36. The Kier molecular flexibility index (Phi) is 5.25. The molecule has 0 bridgehead atoms. The maximum absolute atomic E-state index is 13.6. The minimum atomic E-state index is -4.66. The first-order valence-electron chi connectivity index (χ1n) is 7.52. The van der Waals surface area contributed by atoms with Crippen molar-refractivity contribution in [1.29, 1.82) is 0 Å². The van der Waals surface area contributed by atoms with E-state index in [9.17, 15) is 17.6 Å². The molecule has 21 heavy (non-hydrogen) atoms. The molecule has 1 saturated carbocycles. The lowest BCUT2D eigenvalue weighted by molar-refractivity contribution is -0.140. The summed E-state index contributed by atoms with van der Waals surface area (Å²) < 4.78 is 51.3. The Balaban J connectivity index is 2.15. The zero-order chi connectivity index (χ0) is 15.5. The van der Waals surface area contributed by atoms with Crippen molar-refractivity contribution >= 4 is 0 Å². The van der Waals surface area contributed by atoms with Crippen LogP contribution in [0.15, 0.2) is 18.2 Å². The van der Waals surface area contributed by atoms with Crippen molar-refractivity contribution < 1.29 is 17.6 Å². The van der Waals surface area contributed by atoms with E-state index in [1.165, 1.54) is 25.3 Å². The van der Waals surface area contributed by atoms with Crippen molar-refractivity contribution in [1.82, 2.24) is 0 Å². The monoisotopic (exact) mass is 303 g/mol. The van der Waals surface area contributed by atoms with Gasteiger partial charge in [0.1, 0.15) is 5.82 Å². The van der Waals surface area contributed by atoms with Crippen LogP contribution in [0.3, 0.4) is 0 Å². The van der Waals surface area contributed by atoms with Crippen LogP contribution < -0.4 is 5.73 Å². The van der Waals surface area contributed by atoms with Crippen LogP contribution in [0, 0.1) is 11.7 Å². The van der Waals surface area contributed by atoms with Gasteiger partial charge in [0, 0.05) is 6.04 Å². The van der Waals surface area contributed by atoms with Crippen molar-refractivity contribution in [2.24, 2.45) is 11.7 Å². The highest BCUT2D eigenvalue weighted by Gasteiger charge is 2.34. The van der Waals surface area contributed by atoms with Gasteiger partial charge >= 0.3 is 6.18 Å². The van der Waals surface area contributed by atoms with E-state index in [-0.39, 0.29) is 12.0 Å². The van der Waals surface area contributed by atoms with Gasteiger partial charge in [-0.3, -0.25) is 0 Å². The fourth-order valence-corrected chi connectivity index (χ4v) is 3.09. The topological polar surface area (TPSA) is 26.0 Å². The molecule has 0 heterocycles. The summed E-state index contributed by atoms with van der Waals surface area (Å²) in [6.07, 6.45) is 3.01. The molecule has 1 aliphatic carbocycles. The van der Waals surface area contributed by atoms with E-state index in [2.05, 4.69) is 0 Å². The lowest BCUT2D eigenvalue weighted by atomic mass is 9.83. The molecule has 0 aromatic heterocycles. The molecule has 2 rings (SSSR count). The molecule has 1 aromatic carbocycles. The average molecular weight is 303 g/mol. The van der Waals surface area contributed by atoms with E-state index in [0.29, 0.717) is 5.56 Å². The molecule has 1 aromatic rings. The standard InChI is InChI=1S/C16H21F4N/c17-14-10-12(8-9-13(14)16(18,19)20)15(21)11-6-4-2-1-3-5-7-11/h8-11,15H,1-7,21H2. The van der Waals surface area contributed by atoms with Crippen LogP contribution in [0.5, 0.6) is 0 Å². The maximum Gasteiger partial charge on any atom is 0.419 e. The smallest absolute Gasteiger partial charge is 0.324 e. The number of halogens is 4. The summed E-state index contributed by atoms with van der Waals surface area (Å²) in [6, 6.07) is 2.68. The van der Waals surface area contributed by atoms with Crippen LogP contribution in [0.1, 0.15) is 62.1 Å². The molecular formula is C16H21F4N. The van der Waals surface area contributed by atoms with Crippen LogP contribution in [-0.4, -0.2) is 0 Å². The van der Waals surface area contributed by atoms with Crippen molar-refractivity contribution in [3.63, 3.8) is 0 Å². The highest BCUT2D eigenvalue weighted by Crippen LogP contribution is 2.35. The van der Waals surface area contributed by atoms with Crippen LogP contribution in [0.25, 0.3) is 0 Å². The summed E-state index contributed by atoms with van der Waals surface area (Å²) in [6.45, 7) is 0. The van der Waals surface area contributed by atoms with Gasteiger partial charge < -0.3 is 5.73 Å². The molecule has 1 unspecified atom stereocenters. The molecular weight excluding hydrogens is 282 g/mol. The molecule has 0 saturated heterocycles. The number of nitrogens with two attached hydrogens (primary N) is 1. The Hall–Kier alpha value is -1.10. The van der Waals surface area contributed by atoms with Crippen molar-refractivity contribution in [2.45, 2.75) is 57.2 Å². The second-order valence-electron chi connectivity index (χ2n) is 5.87. The van der Waals surface area contributed by atoms with E-state index < -0.39 is 17.6 Å². The molecule has 1 fully saturated rings. The molecule has 0 radical (unpaired) electrons. The number of alkyl halides is 3. The van der Waals surface area contributed by atoms with Gasteiger partial charge in [0.05, 0.1) is 5.56 Å². The number of hydrogen-bond acceptors (Lipinski definition) is 1. The second-order valence-corrected chi connectivity index (χ2v) is 5.87. The van der Waals surface area contributed by atoms with Crippen LogP contribution in [0.4, 0.5) is 17.6 Å². The van der Waals surface area contributed by atoms with Crippen molar-refractivity contribution in [2.75, 3.05) is 0 Å². The Morgan fingerprint density at radius 1 is 1.00 bits per heavy atom. The first-order valence-corrected chi connectivity index (χ1v) is 7.52. The first-order chi connectivity index (χ1) is 9.89. The van der Waals surface area contributed by atoms with Gasteiger partial charge in [-0.25, -0.2) is 4.39 Å². The Morgan fingerprint density at radius 2 is 1.57 bits per heavy atom. The SMILES string of the molecule is NC(c1ccc(C(F)(F)F)c(F)c1)C1CCCCCCC1. The van der Waals surface area contributed by atoms with Gasteiger partial charge in [0.2, 0.25) is 0 Å². The molecule has 0 spiro atoms. The third-order valence-electron chi connectivity index (χ3n) is 4.34. The molecule has 2 N–H and O–H groups in total. The van der Waals surface area contributed by atoms with Gasteiger partial charge in [-0.2, -0.15) is 13.2 Å². The number of hydrogen-bond donors (Lipinski definition) is 1. The van der Waals surface area contributed by atoms with E-state index in [1.54, 1.807) is 0 Å². The highest BCUT2D eigenvalue weighted by atomic mass is 19.4. The molecule has 1 atom stereocenters. The van der Waals surface area contributed by atoms with Crippen molar-refractivity contribution in [3.8, 4) is 0 Å². The van der Waals surface area contributed by atoms with Gasteiger partial charge in [-0.1, -0.05) is 38.2 Å². The largest absolute Gasteiger partial charge is 0.419 e. The van der Waals surface area contributed by atoms with Crippen LogP contribution in [-0.2, 0) is 6.18 Å². The summed E-state index contributed by atoms with van der Waals surface area (Å²) >= 11 is 0. The quantitative estimate of drug-likeness (QED) is 0.746. The Morgan fingerprint density at radius 3 is 2.10 bits per heavy atom. The highest BCUT2D eigenvalue weighted by molar-refractivity contribution is 5.28. The third kappa shape index (κ3) is 4.19. The normalized spacial score (nSPS) is 19.9. The number of rotatable bonds is 2. The number of benzene rings is 1. The first kappa shape index (κ1) is 16.3. The lowest BCUT2D eigenvalue weighted by Crippen LogP contribution is -2.23. The summed E-state index contributed by atoms with van der Waals surface area (Å²) in [7, 11) is 0. The molecule has 0 amide bonds. The summed E-state index contributed by atoms with van der Waals surface area (Å²) in [4.78, 5) is 0. The minimum absolute atomic E-state index is 0.224. The van der Waals surface area contributed by atoms with Gasteiger partial charge in [0.15, 0.2) is 0 Å².